The summed E-state index contributed by atoms with van der Waals surface area (Å²) < 4.78 is 2.03. The van der Waals surface area contributed by atoms with Crippen LogP contribution in [0, 0.1) is 0 Å². The predicted octanol–water partition coefficient (Wildman–Crippen LogP) is 2.42. The molecule has 1 heterocycles. The van der Waals surface area contributed by atoms with Crippen molar-refractivity contribution in [2.75, 3.05) is 17.6 Å². The molecule has 0 spiro atoms. The molecule has 3 rings (SSSR count). The summed E-state index contributed by atoms with van der Waals surface area (Å²) in [5, 5.41) is 13.4. The van der Waals surface area contributed by atoms with Crippen LogP contribution in [0.4, 0.5) is 5.69 Å². The first-order valence-corrected chi connectivity index (χ1v) is 8.64. The third kappa shape index (κ3) is 4.35. The fraction of sp³-hybridized carbons (Fsp3) is 0.176. The highest BCUT2D eigenvalue weighted by atomic mass is 32.2. The van der Waals surface area contributed by atoms with E-state index in [0.29, 0.717) is 12.6 Å². The van der Waals surface area contributed by atoms with Crippen LogP contribution in [0.2, 0.25) is 0 Å². The van der Waals surface area contributed by atoms with Crippen molar-refractivity contribution in [2.24, 2.45) is 15.9 Å². The number of para-hydroxylation sites is 1. The maximum atomic E-state index is 6.19. The second-order valence-corrected chi connectivity index (χ2v) is 6.10. The lowest BCUT2D eigenvalue weighted by molar-refractivity contribution is 0.488. The molecular formula is C17H20N6S. The minimum Gasteiger partial charge on any atom is -0.367 e. The second-order valence-electron chi connectivity index (χ2n) is 5.13. The summed E-state index contributed by atoms with van der Waals surface area (Å²) in [5.41, 5.74) is 8.33. The maximum Gasteiger partial charge on any atom is 0.236 e. The van der Waals surface area contributed by atoms with Gasteiger partial charge in [0.15, 0.2) is 0 Å². The van der Waals surface area contributed by atoms with E-state index in [1.54, 1.807) is 18.2 Å². The monoisotopic (exact) mass is 340 g/mol. The zero-order valence-electron chi connectivity index (χ0n) is 13.2. The fourth-order valence-corrected chi connectivity index (χ4v) is 3.09. The topological polar surface area (TPSA) is 69.2 Å². The SMILES string of the molecule is N/C(=N\N=C\Cc1ccccc1)N(c1ccccc1)N1CNCS1. The van der Waals surface area contributed by atoms with Crippen molar-refractivity contribution in [3.05, 3.63) is 66.2 Å². The van der Waals surface area contributed by atoms with Gasteiger partial charge in [0, 0.05) is 12.6 Å². The molecule has 6 nitrogen and oxygen atoms in total. The third-order valence-corrected chi connectivity index (χ3v) is 4.34. The Bertz CT molecular complexity index is 683. The lowest BCUT2D eigenvalue weighted by Gasteiger charge is -2.29. The number of nitrogens with two attached hydrogens (primary N) is 1. The van der Waals surface area contributed by atoms with Gasteiger partial charge in [0.05, 0.1) is 18.2 Å². The summed E-state index contributed by atoms with van der Waals surface area (Å²) >= 11 is 1.65. The summed E-state index contributed by atoms with van der Waals surface area (Å²) in [5.74, 6) is 1.18. The molecule has 0 radical (unpaired) electrons. The first-order valence-electron chi connectivity index (χ1n) is 7.70. The molecule has 0 saturated carbocycles. The van der Waals surface area contributed by atoms with E-state index in [1.807, 2.05) is 58.0 Å². The number of hydrogen-bond acceptors (Lipinski definition) is 5. The largest absolute Gasteiger partial charge is 0.367 e. The van der Waals surface area contributed by atoms with Gasteiger partial charge in [0.25, 0.3) is 0 Å². The van der Waals surface area contributed by atoms with E-state index in [9.17, 15) is 0 Å². The van der Waals surface area contributed by atoms with Crippen LogP contribution < -0.4 is 16.1 Å². The molecule has 2 aromatic carbocycles. The molecule has 0 aliphatic carbocycles. The minimum atomic E-state index is 0.335. The van der Waals surface area contributed by atoms with Gasteiger partial charge >= 0.3 is 0 Å². The van der Waals surface area contributed by atoms with Crippen LogP contribution in [0.25, 0.3) is 0 Å². The molecular weight excluding hydrogens is 320 g/mol. The van der Waals surface area contributed by atoms with E-state index < -0.39 is 0 Å². The van der Waals surface area contributed by atoms with E-state index in [0.717, 1.165) is 18.0 Å². The molecule has 1 aliphatic heterocycles. The van der Waals surface area contributed by atoms with Crippen molar-refractivity contribution < 1.29 is 0 Å². The summed E-state index contributed by atoms with van der Waals surface area (Å²) in [6.07, 6.45) is 2.49. The maximum absolute atomic E-state index is 6.19. The smallest absolute Gasteiger partial charge is 0.236 e. The molecule has 0 unspecified atom stereocenters. The van der Waals surface area contributed by atoms with Crippen LogP contribution in [0.15, 0.2) is 70.9 Å². The van der Waals surface area contributed by atoms with Crippen LogP contribution in [0.3, 0.4) is 0 Å². The van der Waals surface area contributed by atoms with Gasteiger partial charge in [-0.3, -0.25) is 5.32 Å². The van der Waals surface area contributed by atoms with Gasteiger partial charge in [-0.05, 0) is 29.6 Å². The molecule has 0 atom stereocenters. The molecule has 1 aliphatic rings. The van der Waals surface area contributed by atoms with E-state index in [4.69, 9.17) is 5.73 Å². The Kier molecular flexibility index (Phi) is 5.84. The summed E-state index contributed by atoms with van der Waals surface area (Å²) in [7, 11) is 0. The Morgan fingerprint density at radius 3 is 2.54 bits per heavy atom. The predicted molar refractivity (Wildman–Crippen MR) is 101 cm³/mol. The quantitative estimate of drug-likeness (QED) is 0.379. The highest BCUT2D eigenvalue weighted by molar-refractivity contribution is 7.97. The summed E-state index contributed by atoms with van der Waals surface area (Å²) in [4.78, 5) is 0. The van der Waals surface area contributed by atoms with Gasteiger partial charge in [-0.2, -0.15) is 5.10 Å². The number of nitrogens with one attached hydrogen (secondary N) is 1. The third-order valence-electron chi connectivity index (χ3n) is 3.42. The Hall–Kier alpha value is -2.35. The Morgan fingerprint density at radius 2 is 1.88 bits per heavy atom. The lowest BCUT2D eigenvalue weighted by atomic mass is 10.2. The average molecular weight is 340 g/mol. The highest BCUT2D eigenvalue weighted by Crippen LogP contribution is 2.23. The van der Waals surface area contributed by atoms with E-state index >= 15 is 0 Å². The normalized spacial score (nSPS) is 15.9. The van der Waals surface area contributed by atoms with Crippen molar-refractivity contribution in [3.63, 3.8) is 0 Å². The van der Waals surface area contributed by atoms with Crippen LogP contribution >= 0.6 is 11.9 Å². The number of hydrogen-bond donors (Lipinski definition) is 2. The molecule has 1 saturated heterocycles. The van der Waals surface area contributed by atoms with E-state index in [-0.39, 0.29) is 0 Å². The van der Waals surface area contributed by atoms with Crippen molar-refractivity contribution >= 4 is 29.8 Å². The number of guanidine groups is 1. The molecule has 1 fully saturated rings. The zero-order valence-corrected chi connectivity index (χ0v) is 14.1. The lowest BCUT2D eigenvalue weighted by Crippen LogP contribution is -2.47. The first kappa shape index (κ1) is 16.5. The van der Waals surface area contributed by atoms with Gasteiger partial charge < -0.3 is 5.73 Å². The van der Waals surface area contributed by atoms with Crippen molar-refractivity contribution in [1.82, 2.24) is 9.73 Å². The van der Waals surface area contributed by atoms with Gasteiger partial charge in [0.2, 0.25) is 5.96 Å². The highest BCUT2D eigenvalue weighted by Gasteiger charge is 2.23. The molecule has 24 heavy (non-hydrogen) atoms. The van der Waals surface area contributed by atoms with Crippen LogP contribution in [0.1, 0.15) is 5.56 Å². The number of hydrazine groups is 1. The standard InChI is InChI=1S/C17H20N6S/c18-17(21-20-12-11-15-7-3-1-4-8-15)23(22-13-19-14-24-22)16-9-5-2-6-10-16/h1-10,12,19H,11,13-14H2,(H2,18,21)/b20-12+. The molecule has 0 amide bonds. The van der Waals surface area contributed by atoms with Gasteiger partial charge in [-0.25, -0.2) is 5.01 Å². The number of nitrogens with zero attached hydrogens (tertiary/aromatic N) is 4. The van der Waals surface area contributed by atoms with Crippen LogP contribution in [0.5, 0.6) is 0 Å². The van der Waals surface area contributed by atoms with Crippen molar-refractivity contribution in [3.8, 4) is 0 Å². The Labute approximate surface area is 146 Å². The molecule has 0 aromatic heterocycles. The fourth-order valence-electron chi connectivity index (χ4n) is 2.28. The van der Waals surface area contributed by atoms with Crippen LogP contribution in [-0.4, -0.2) is 29.1 Å². The Morgan fingerprint density at radius 1 is 1.17 bits per heavy atom. The summed E-state index contributed by atoms with van der Waals surface area (Å²) in [6.45, 7) is 0.698. The number of anilines is 1. The van der Waals surface area contributed by atoms with Gasteiger partial charge in [-0.15, -0.1) is 9.52 Å². The molecule has 7 heteroatoms. The zero-order chi connectivity index (χ0) is 16.6. The van der Waals surface area contributed by atoms with E-state index in [1.165, 1.54) is 5.56 Å². The van der Waals surface area contributed by atoms with E-state index in [2.05, 4.69) is 27.7 Å². The van der Waals surface area contributed by atoms with Gasteiger partial charge in [-0.1, -0.05) is 48.5 Å². The molecule has 3 N–H and O–H groups in total. The minimum absolute atomic E-state index is 0.335. The van der Waals surface area contributed by atoms with Gasteiger partial charge in [0.1, 0.15) is 0 Å². The molecule has 124 valence electrons. The Balaban J connectivity index is 1.71. The van der Waals surface area contributed by atoms with Crippen LogP contribution in [-0.2, 0) is 6.42 Å². The first-order chi connectivity index (χ1) is 11.8. The second kappa shape index (κ2) is 8.49. The van der Waals surface area contributed by atoms with Crippen molar-refractivity contribution in [2.45, 2.75) is 6.42 Å². The number of benzene rings is 2. The van der Waals surface area contributed by atoms with Crippen molar-refractivity contribution in [1.29, 1.82) is 0 Å². The molecule has 0 bridgehead atoms. The average Bonchev–Trinajstić information content (AvgIpc) is 3.15. The number of rotatable bonds is 5. The summed E-state index contributed by atoms with van der Waals surface area (Å²) in [6, 6.07) is 20.0. The molecule has 2 aromatic rings.